The topological polar surface area (TPSA) is 21.3 Å². The lowest BCUT2D eigenvalue weighted by atomic mass is 10.1. The third-order valence-corrected chi connectivity index (χ3v) is 4.09. The SMILES string of the molecule is COc1cc(Br)cc(NCc2ccc(C3CC3)cc2)c1. The zero-order valence-electron chi connectivity index (χ0n) is 11.5. The van der Waals surface area contributed by atoms with Crippen LogP contribution in [0.2, 0.25) is 0 Å². The van der Waals surface area contributed by atoms with E-state index >= 15 is 0 Å². The van der Waals surface area contributed by atoms with Gasteiger partial charge in [0.25, 0.3) is 0 Å². The van der Waals surface area contributed by atoms with Crippen molar-refractivity contribution < 1.29 is 4.74 Å². The van der Waals surface area contributed by atoms with Crippen LogP contribution in [-0.4, -0.2) is 7.11 Å². The average Bonchev–Trinajstić information content (AvgIpc) is 3.30. The van der Waals surface area contributed by atoms with Gasteiger partial charge in [0.1, 0.15) is 5.75 Å². The Morgan fingerprint density at radius 3 is 2.55 bits per heavy atom. The minimum atomic E-state index is 0.824. The highest BCUT2D eigenvalue weighted by Gasteiger charge is 2.22. The van der Waals surface area contributed by atoms with Crippen molar-refractivity contribution in [2.24, 2.45) is 0 Å². The molecule has 1 N–H and O–H groups in total. The van der Waals surface area contributed by atoms with E-state index in [2.05, 4.69) is 51.6 Å². The summed E-state index contributed by atoms with van der Waals surface area (Å²) in [5.74, 6) is 1.68. The van der Waals surface area contributed by atoms with Crippen LogP contribution in [-0.2, 0) is 6.54 Å². The fourth-order valence-electron chi connectivity index (χ4n) is 2.31. The molecule has 0 unspecified atom stereocenters. The van der Waals surface area contributed by atoms with Crippen molar-refractivity contribution in [1.82, 2.24) is 0 Å². The van der Waals surface area contributed by atoms with E-state index in [-0.39, 0.29) is 0 Å². The second-order valence-corrected chi connectivity index (χ2v) is 6.16. The number of hydrogen-bond acceptors (Lipinski definition) is 2. The highest BCUT2D eigenvalue weighted by Crippen LogP contribution is 2.39. The largest absolute Gasteiger partial charge is 0.497 e. The molecule has 0 atom stereocenters. The first-order valence-electron chi connectivity index (χ1n) is 6.92. The molecule has 0 aromatic heterocycles. The van der Waals surface area contributed by atoms with Crippen LogP contribution >= 0.6 is 15.9 Å². The molecule has 2 nitrogen and oxygen atoms in total. The van der Waals surface area contributed by atoms with Gasteiger partial charge in [-0.05, 0) is 42.0 Å². The molecule has 0 heterocycles. The molecule has 0 radical (unpaired) electrons. The Kier molecular flexibility index (Phi) is 3.97. The molecular formula is C17H18BrNO. The molecule has 0 aliphatic heterocycles. The Hall–Kier alpha value is -1.48. The first kappa shape index (κ1) is 13.5. The van der Waals surface area contributed by atoms with Crippen LogP contribution in [0.1, 0.15) is 29.9 Å². The van der Waals surface area contributed by atoms with Crippen LogP contribution in [0.25, 0.3) is 0 Å². The van der Waals surface area contributed by atoms with Gasteiger partial charge in [-0.1, -0.05) is 40.2 Å². The maximum atomic E-state index is 5.27. The van der Waals surface area contributed by atoms with E-state index in [1.54, 1.807) is 7.11 Å². The molecule has 0 saturated heterocycles. The van der Waals surface area contributed by atoms with E-state index < -0.39 is 0 Å². The second kappa shape index (κ2) is 5.88. The lowest BCUT2D eigenvalue weighted by Gasteiger charge is -2.10. The smallest absolute Gasteiger partial charge is 0.122 e. The molecular weight excluding hydrogens is 314 g/mol. The Bertz CT molecular complexity index is 590. The van der Waals surface area contributed by atoms with Crippen LogP contribution in [0.5, 0.6) is 5.75 Å². The summed E-state index contributed by atoms with van der Waals surface area (Å²) in [5.41, 5.74) is 3.84. The average molecular weight is 332 g/mol. The fourth-order valence-corrected chi connectivity index (χ4v) is 2.78. The second-order valence-electron chi connectivity index (χ2n) is 5.25. The predicted molar refractivity (Wildman–Crippen MR) is 86.4 cm³/mol. The van der Waals surface area contributed by atoms with Crippen molar-refractivity contribution in [3.05, 3.63) is 58.1 Å². The number of benzene rings is 2. The molecule has 0 spiro atoms. The van der Waals surface area contributed by atoms with Crippen molar-refractivity contribution >= 4 is 21.6 Å². The highest BCUT2D eigenvalue weighted by molar-refractivity contribution is 9.10. The first-order chi connectivity index (χ1) is 9.74. The Morgan fingerprint density at radius 2 is 1.90 bits per heavy atom. The summed E-state index contributed by atoms with van der Waals surface area (Å²) in [6, 6.07) is 15.0. The number of methoxy groups -OCH3 is 1. The molecule has 3 heteroatoms. The van der Waals surface area contributed by atoms with Gasteiger partial charge in [-0.3, -0.25) is 0 Å². The predicted octanol–water partition coefficient (Wildman–Crippen LogP) is 4.95. The maximum Gasteiger partial charge on any atom is 0.122 e. The number of nitrogens with one attached hydrogen (secondary N) is 1. The van der Waals surface area contributed by atoms with Crippen molar-refractivity contribution in [1.29, 1.82) is 0 Å². The van der Waals surface area contributed by atoms with Gasteiger partial charge < -0.3 is 10.1 Å². The highest BCUT2D eigenvalue weighted by atomic mass is 79.9. The fraction of sp³-hybridized carbons (Fsp3) is 0.294. The van der Waals surface area contributed by atoms with Crippen LogP contribution in [0, 0.1) is 0 Å². The van der Waals surface area contributed by atoms with E-state index in [0.29, 0.717) is 0 Å². The number of hydrogen-bond donors (Lipinski definition) is 1. The minimum Gasteiger partial charge on any atom is -0.497 e. The van der Waals surface area contributed by atoms with E-state index in [0.717, 1.165) is 28.4 Å². The number of anilines is 1. The summed E-state index contributed by atoms with van der Waals surface area (Å²) in [7, 11) is 1.68. The monoisotopic (exact) mass is 331 g/mol. The van der Waals surface area contributed by atoms with Gasteiger partial charge in [0.05, 0.1) is 7.11 Å². The Balaban J connectivity index is 1.64. The molecule has 1 aliphatic carbocycles. The Labute approximate surface area is 128 Å². The molecule has 1 saturated carbocycles. The summed E-state index contributed by atoms with van der Waals surface area (Å²) in [4.78, 5) is 0. The van der Waals surface area contributed by atoms with Crippen LogP contribution in [0.3, 0.4) is 0 Å². The molecule has 0 bridgehead atoms. The van der Waals surface area contributed by atoms with Crippen molar-refractivity contribution in [3.8, 4) is 5.75 Å². The molecule has 1 fully saturated rings. The summed E-state index contributed by atoms with van der Waals surface area (Å²) in [6.45, 7) is 0.824. The van der Waals surface area contributed by atoms with Crippen LogP contribution in [0.15, 0.2) is 46.9 Å². The van der Waals surface area contributed by atoms with Gasteiger partial charge in [0, 0.05) is 22.8 Å². The normalized spacial score (nSPS) is 14.1. The number of ether oxygens (including phenoxy) is 1. The first-order valence-corrected chi connectivity index (χ1v) is 7.71. The van der Waals surface area contributed by atoms with Gasteiger partial charge in [0.2, 0.25) is 0 Å². The summed E-state index contributed by atoms with van der Waals surface area (Å²) in [5, 5.41) is 3.43. The number of halogens is 1. The van der Waals surface area contributed by atoms with Gasteiger partial charge in [-0.2, -0.15) is 0 Å². The standard InChI is InChI=1S/C17H18BrNO/c1-20-17-9-15(18)8-16(10-17)19-11-12-2-4-13(5-3-12)14-6-7-14/h2-5,8-10,14,19H,6-7,11H2,1H3. The van der Waals surface area contributed by atoms with Gasteiger partial charge in [-0.15, -0.1) is 0 Å². The quantitative estimate of drug-likeness (QED) is 0.837. The van der Waals surface area contributed by atoms with Crippen molar-refractivity contribution in [2.45, 2.75) is 25.3 Å². The van der Waals surface area contributed by atoms with Crippen molar-refractivity contribution in [2.75, 3.05) is 12.4 Å². The third kappa shape index (κ3) is 3.34. The number of rotatable bonds is 5. The zero-order chi connectivity index (χ0) is 13.9. The molecule has 20 heavy (non-hydrogen) atoms. The van der Waals surface area contributed by atoms with Gasteiger partial charge >= 0.3 is 0 Å². The van der Waals surface area contributed by atoms with E-state index in [1.807, 2.05) is 12.1 Å². The molecule has 2 aromatic carbocycles. The minimum absolute atomic E-state index is 0.824. The van der Waals surface area contributed by atoms with Gasteiger partial charge in [0.15, 0.2) is 0 Å². The molecule has 104 valence electrons. The third-order valence-electron chi connectivity index (χ3n) is 3.63. The molecule has 1 aliphatic rings. The van der Waals surface area contributed by atoms with Crippen LogP contribution in [0.4, 0.5) is 5.69 Å². The molecule has 2 aromatic rings. The van der Waals surface area contributed by atoms with E-state index in [9.17, 15) is 0 Å². The molecule has 3 rings (SSSR count). The summed E-state index contributed by atoms with van der Waals surface area (Å²) < 4.78 is 6.28. The zero-order valence-corrected chi connectivity index (χ0v) is 13.1. The van der Waals surface area contributed by atoms with E-state index in [1.165, 1.54) is 24.0 Å². The summed E-state index contributed by atoms with van der Waals surface area (Å²) in [6.07, 6.45) is 2.71. The Morgan fingerprint density at radius 1 is 1.15 bits per heavy atom. The molecule has 0 amide bonds. The van der Waals surface area contributed by atoms with Crippen LogP contribution < -0.4 is 10.1 Å². The van der Waals surface area contributed by atoms with Gasteiger partial charge in [-0.25, -0.2) is 0 Å². The van der Waals surface area contributed by atoms with E-state index in [4.69, 9.17) is 4.74 Å². The van der Waals surface area contributed by atoms with Crippen molar-refractivity contribution in [3.63, 3.8) is 0 Å². The summed E-state index contributed by atoms with van der Waals surface area (Å²) >= 11 is 3.49. The lowest BCUT2D eigenvalue weighted by Crippen LogP contribution is -2.00. The lowest BCUT2D eigenvalue weighted by molar-refractivity contribution is 0.414. The maximum absolute atomic E-state index is 5.27.